The molecule has 0 atom stereocenters. The zero-order chi connectivity index (χ0) is 16.7. The normalized spacial score (nSPS) is 10.6. The fourth-order valence-electron chi connectivity index (χ4n) is 2.35. The Morgan fingerprint density at radius 2 is 2.04 bits per heavy atom. The van der Waals surface area contributed by atoms with Crippen LogP contribution in [0.1, 0.15) is 31.0 Å². The molecule has 0 amide bonds. The third-order valence-electron chi connectivity index (χ3n) is 3.66. The molecule has 0 aliphatic heterocycles. The van der Waals surface area contributed by atoms with Crippen molar-refractivity contribution in [2.75, 3.05) is 30.4 Å². The summed E-state index contributed by atoms with van der Waals surface area (Å²) in [6.45, 7) is 5.99. The predicted molar refractivity (Wildman–Crippen MR) is 98.6 cm³/mol. The number of hydrogen-bond donors (Lipinski definition) is 1. The molecule has 0 unspecified atom stereocenters. The van der Waals surface area contributed by atoms with Gasteiger partial charge in [-0.15, -0.1) is 0 Å². The smallest absolute Gasteiger partial charge is 0.224 e. The number of halogens is 1. The minimum atomic E-state index is 0.686. The van der Waals surface area contributed by atoms with Gasteiger partial charge in [0.15, 0.2) is 0 Å². The Balaban J connectivity index is 1.95. The summed E-state index contributed by atoms with van der Waals surface area (Å²) >= 11 is 6.01. The van der Waals surface area contributed by atoms with E-state index in [2.05, 4.69) is 40.2 Å². The number of unbranched alkanes of at least 4 members (excludes halogenated alkanes) is 1. The Labute approximate surface area is 143 Å². The van der Waals surface area contributed by atoms with Crippen LogP contribution in [0.3, 0.4) is 0 Å². The van der Waals surface area contributed by atoms with E-state index >= 15 is 0 Å². The van der Waals surface area contributed by atoms with E-state index in [-0.39, 0.29) is 0 Å². The Hall–Kier alpha value is -1.81. The Kier molecular flexibility index (Phi) is 6.66. The van der Waals surface area contributed by atoms with E-state index in [0.717, 1.165) is 42.5 Å². The van der Waals surface area contributed by atoms with Crippen molar-refractivity contribution >= 4 is 23.4 Å². The van der Waals surface area contributed by atoms with Gasteiger partial charge in [-0.1, -0.05) is 37.1 Å². The Bertz CT molecular complexity index is 630. The first-order valence-corrected chi connectivity index (χ1v) is 8.51. The molecule has 4 nitrogen and oxygen atoms in total. The summed E-state index contributed by atoms with van der Waals surface area (Å²) in [5, 5.41) is 4.09. The standard InChI is InChI=1S/C18H25ClN4/c1-4-5-11-23(3)17-12-14(2)21-18(22-17)20-10-9-15-7-6-8-16(19)13-15/h6-8,12-13H,4-5,9-11H2,1-3H3,(H,20,21,22). The third-order valence-corrected chi connectivity index (χ3v) is 3.90. The minimum absolute atomic E-state index is 0.686. The average Bonchev–Trinajstić information content (AvgIpc) is 2.52. The maximum absolute atomic E-state index is 6.01. The van der Waals surface area contributed by atoms with Crippen molar-refractivity contribution in [3.63, 3.8) is 0 Å². The predicted octanol–water partition coefficient (Wildman–Crippen LogP) is 4.33. The van der Waals surface area contributed by atoms with Gasteiger partial charge in [-0.2, -0.15) is 4.98 Å². The highest BCUT2D eigenvalue weighted by atomic mass is 35.5. The van der Waals surface area contributed by atoms with Crippen LogP contribution in [-0.4, -0.2) is 30.1 Å². The van der Waals surface area contributed by atoms with Crippen LogP contribution < -0.4 is 10.2 Å². The fourth-order valence-corrected chi connectivity index (χ4v) is 2.56. The second-order valence-corrected chi connectivity index (χ2v) is 6.21. The maximum Gasteiger partial charge on any atom is 0.224 e. The summed E-state index contributed by atoms with van der Waals surface area (Å²) in [4.78, 5) is 11.3. The number of nitrogens with zero attached hydrogens (tertiary/aromatic N) is 3. The van der Waals surface area contributed by atoms with Crippen molar-refractivity contribution in [1.29, 1.82) is 0 Å². The van der Waals surface area contributed by atoms with Crippen LogP contribution in [0.2, 0.25) is 5.02 Å². The van der Waals surface area contributed by atoms with Crippen LogP contribution in [0.4, 0.5) is 11.8 Å². The van der Waals surface area contributed by atoms with Crippen molar-refractivity contribution in [2.45, 2.75) is 33.1 Å². The van der Waals surface area contributed by atoms with E-state index in [4.69, 9.17) is 11.6 Å². The molecule has 0 spiro atoms. The van der Waals surface area contributed by atoms with Gasteiger partial charge in [0, 0.05) is 36.9 Å². The molecule has 2 aromatic rings. The molecule has 2 rings (SSSR count). The summed E-state index contributed by atoms with van der Waals surface area (Å²) < 4.78 is 0. The van der Waals surface area contributed by atoms with Crippen LogP contribution in [0.25, 0.3) is 0 Å². The molecule has 1 heterocycles. The fraction of sp³-hybridized carbons (Fsp3) is 0.444. The van der Waals surface area contributed by atoms with Crippen LogP contribution in [0, 0.1) is 6.92 Å². The average molecular weight is 333 g/mol. The van der Waals surface area contributed by atoms with Gasteiger partial charge in [0.05, 0.1) is 0 Å². The van der Waals surface area contributed by atoms with Gasteiger partial charge >= 0.3 is 0 Å². The zero-order valence-corrected chi connectivity index (χ0v) is 14.9. The van der Waals surface area contributed by atoms with Crippen LogP contribution in [-0.2, 0) is 6.42 Å². The molecule has 0 bridgehead atoms. The number of hydrogen-bond acceptors (Lipinski definition) is 4. The van der Waals surface area contributed by atoms with Crippen molar-refractivity contribution in [1.82, 2.24) is 9.97 Å². The molecule has 0 aliphatic carbocycles. The molecule has 5 heteroatoms. The van der Waals surface area contributed by atoms with Gasteiger partial charge in [0.2, 0.25) is 5.95 Å². The molecule has 0 saturated carbocycles. The number of aryl methyl sites for hydroxylation is 1. The second-order valence-electron chi connectivity index (χ2n) is 5.77. The molecule has 0 saturated heterocycles. The minimum Gasteiger partial charge on any atom is -0.360 e. The second kappa shape index (κ2) is 8.73. The number of benzene rings is 1. The highest BCUT2D eigenvalue weighted by molar-refractivity contribution is 6.30. The maximum atomic E-state index is 6.01. The molecule has 0 aliphatic rings. The van der Waals surface area contributed by atoms with E-state index < -0.39 is 0 Å². The van der Waals surface area contributed by atoms with E-state index in [1.807, 2.05) is 31.2 Å². The summed E-state index contributed by atoms with van der Waals surface area (Å²) in [5.74, 6) is 1.65. The quantitative estimate of drug-likeness (QED) is 0.781. The van der Waals surface area contributed by atoms with Gasteiger partial charge in [0.1, 0.15) is 5.82 Å². The van der Waals surface area contributed by atoms with Crippen molar-refractivity contribution in [3.05, 3.63) is 46.6 Å². The molecular weight excluding hydrogens is 308 g/mol. The molecule has 23 heavy (non-hydrogen) atoms. The Morgan fingerprint density at radius 1 is 1.22 bits per heavy atom. The molecular formula is C18H25ClN4. The topological polar surface area (TPSA) is 41.1 Å². The molecule has 124 valence electrons. The van der Waals surface area contributed by atoms with Crippen molar-refractivity contribution in [2.24, 2.45) is 0 Å². The van der Waals surface area contributed by atoms with Crippen molar-refractivity contribution < 1.29 is 0 Å². The lowest BCUT2D eigenvalue weighted by Crippen LogP contribution is -2.21. The first-order valence-electron chi connectivity index (χ1n) is 8.13. The molecule has 1 N–H and O–H groups in total. The van der Waals surface area contributed by atoms with E-state index in [0.29, 0.717) is 5.95 Å². The van der Waals surface area contributed by atoms with Crippen molar-refractivity contribution in [3.8, 4) is 0 Å². The lowest BCUT2D eigenvalue weighted by molar-refractivity contribution is 0.757. The Morgan fingerprint density at radius 3 is 2.78 bits per heavy atom. The molecule has 1 aromatic carbocycles. The molecule has 0 fully saturated rings. The van der Waals surface area contributed by atoms with E-state index in [1.165, 1.54) is 12.0 Å². The van der Waals surface area contributed by atoms with Crippen LogP contribution in [0.15, 0.2) is 30.3 Å². The summed E-state index contributed by atoms with van der Waals surface area (Å²) in [7, 11) is 2.08. The zero-order valence-electron chi connectivity index (χ0n) is 14.1. The monoisotopic (exact) mass is 332 g/mol. The number of anilines is 2. The summed E-state index contributed by atoms with van der Waals surface area (Å²) in [6, 6.07) is 9.96. The molecule has 0 radical (unpaired) electrons. The van der Waals surface area contributed by atoms with Gasteiger partial charge < -0.3 is 10.2 Å². The summed E-state index contributed by atoms with van der Waals surface area (Å²) in [6.07, 6.45) is 3.23. The summed E-state index contributed by atoms with van der Waals surface area (Å²) in [5.41, 5.74) is 2.18. The van der Waals surface area contributed by atoms with Gasteiger partial charge in [-0.05, 0) is 37.5 Å². The lowest BCUT2D eigenvalue weighted by Gasteiger charge is -2.19. The first kappa shape index (κ1) is 17.5. The van der Waals surface area contributed by atoms with Crippen LogP contribution >= 0.6 is 11.6 Å². The van der Waals surface area contributed by atoms with Gasteiger partial charge in [-0.3, -0.25) is 0 Å². The van der Waals surface area contributed by atoms with E-state index in [1.54, 1.807) is 0 Å². The highest BCUT2D eigenvalue weighted by Gasteiger charge is 2.06. The van der Waals surface area contributed by atoms with Crippen LogP contribution in [0.5, 0.6) is 0 Å². The number of rotatable bonds is 8. The lowest BCUT2D eigenvalue weighted by atomic mass is 10.1. The molecule has 1 aromatic heterocycles. The highest BCUT2D eigenvalue weighted by Crippen LogP contribution is 2.15. The largest absolute Gasteiger partial charge is 0.360 e. The first-order chi connectivity index (χ1) is 11.1. The SMILES string of the molecule is CCCCN(C)c1cc(C)nc(NCCc2cccc(Cl)c2)n1. The number of aromatic nitrogens is 2. The van der Waals surface area contributed by atoms with Gasteiger partial charge in [-0.25, -0.2) is 4.98 Å². The third kappa shape index (κ3) is 5.71. The number of nitrogens with one attached hydrogen (secondary N) is 1. The van der Waals surface area contributed by atoms with Gasteiger partial charge in [0.25, 0.3) is 0 Å². The van der Waals surface area contributed by atoms with E-state index in [9.17, 15) is 0 Å².